The molecule has 0 saturated carbocycles. The maximum absolute atomic E-state index is 3.63. The van der Waals surface area contributed by atoms with Gasteiger partial charge in [-0.3, -0.25) is 0 Å². The molecule has 0 bridgehead atoms. The minimum Gasteiger partial charge on any atom is -0.0840 e. The Bertz CT molecular complexity index is 176. The summed E-state index contributed by atoms with van der Waals surface area (Å²) in [5.74, 6) is 0. The van der Waals surface area contributed by atoms with Crippen molar-refractivity contribution in [3.63, 3.8) is 0 Å². The van der Waals surface area contributed by atoms with Crippen molar-refractivity contribution < 1.29 is 0 Å². The average molecular weight is 149 g/mol. The van der Waals surface area contributed by atoms with Gasteiger partial charge in [-0.05, 0) is 34.1 Å². The highest BCUT2D eigenvalue weighted by atomic mass is 13.9. The average Bonchev–Trinajstić information content (AvgIpc) is 1.87. The van der Waals surface area contributed by atoms with Crippen LogP contribution in [0.5, 0.6) is 0 Å². The first-order valence-electron chi connectivity index (χ1n) is 3.92. The molecule has 0 aromatic carbocycles. The first-order chi connectivity index (χ1) is 5.16. The van der Waals surface area contributed by atoms with Gasteiger partial charge in [-0.2, -0.15) is 0 Å². The van der Waals surface area contributed by atoms with E-state index in [0.717, 1.165) is 6.42 Å². The van der Waals surface area contributed by atoms with Crippen molar-refractivity contribution in [2.75, 3.05) is 0 Å². The maximum Gasteiger partial charge on any atom is -0.0161 e. The van der Waals surface area contributed by atoms with E-state index in [4.69, 9.17) is 0 Å². The third-order valence-corrected chi connectivity index (χ3v) is 1.35. The number of hydrogen-bond donors (Lipinski definition) is 0. The summed E-state index contributed by atoms with van der Waals surface area (Å²) in [6, 6.07) is 0. The summed E-state index contributed by atoms with van der Waals surface area (Å²) in [6.07, 6.45) is 9.25. The zero-order chi connectivity index (χ0) is 8.69. The summed E-state index contributed by atoms with van der Waals surface area (Å²) >= 11 is 0. The summed E-state index contributed by atoms with van der Waals surface area (Å²) in [6.45, 7) is 9.94. The van der Waals surface area contributed by atoms with Crippen LogP contribution in [0.25, 0.3) is 0 Å². The van der Waals surface area contributed by atoms with Gasteiger partial charge in [0, 0.05) is 0 Å². The third-order valence-electron chi connectivity index (χ3n) is 1.35. The first-order valence-corrected chi connectivity index (χ1v) is 3.92. The van der Waals surface area contributed by atoms with Crippen LogP contribution in [-0.2, 0) is 0 Å². The SMILES string of the molecule is [CH2]C=CC(C)=CCC=C(C)C. The molecule has 0 fully saturated rings. The van der Waals surface area contributed by atoms with Gasteiger partial charge < -0.3 is 0 Å². The summed E-state index contributed by atoms with van der Waals surface area (Å²) in [4.78, 5) is 0. The highest BCUT2D eigenvalue weighted by Gasteiger charge is 1.79. The summed E-state index contributed by atoms with van der Waals surface area (Å²) < 4.78 is 0. The van der Waals surface area contributed by atoms with Crippen molar-refractivity contribution in [2.45, 2.75) is 27.2 Å². The molecular formula is C11H17. The molecule has 0 aromatic rings. The molecule has 0 aliphatic carbocycles. The normalized spacial score (nSPS) is 12.2. The van der Waals surface area contributed by atoms with Crippen LogP contribution in [-0.4, -0.2) is 0 Å². The molecule has 0 aliphatic rings. The summed E-state index contributed by atoms with van der Waals surface area (Å²) in [5.41, 5.74) is 2.64. The van der Waals surface area contributed by atoms with Crippen molar-refractivity contribution in [3.05, 3.63) is 42.4 Å². The molecule has 61 valence electrons. The van der Waals surface area contributed by atoms with Crippen LogP contribution in [0.2, 0.25) is 0 Å². The van der Waals surface area contributed by atoms with Crippen LogP contribution in [0.4, 0.5) is 0 Å². The van der Waals surface area contributed by atoms with E-state index in [9.17, 15) is 0 Å². The molecule has 0 heterocycles. The molecule has 0 unspecified atom stereocenters. The molecule has 0 amide bonds. The van der Waals surface area contributed by atoms with Crippen molar-refractivity contribution >= 4 is 0 Å². The lowest BCUT2D eigenvalue weighted by atomic mass is 10.2. The van der Waals surface area contributed by atoms with E-state index in [-0.39, 0.29) is 0 Å². The van der Waals surface area contributed by atoms with Gasteiger partial charge in [0.2, 0.25) is 0 Å². The minimum atomic E-state index is 1.03. The Morgan fingerprint density at radius 1 is 1.18 bits per heavy atom. The fourth-order valence-corrected chi connectivity index (χ4v) is 0.734. The van der Waals surface area contributed by atoms with Crippen molar-refractivity contribution in [1.82, 2.24) is 0 Å². The van der Waals surface area contributed by atoms with Gasteiger partial charge >= 0.3 is 0 Å². The van der Waals surface area contributed by atoms with Crippen molar-refractivity contribution in [1.29, 1.82) is 0 Å². The Hall–Kier alpha value is -0.780. The van der Waals surface area contributed by atoms with Gasteiger partial charge in [-0.1, -0.05) is 35.5 Å². The largest absolute Gasteiger partial charge is 0.0840 e. The smallest absolute Gasteiger partial charge is 0.0161 e. The Kier molecular flexibility index (Phi) is 5.54. The Labute approximate surface area is 70.3 Å². The van der Waals surface area contributed by atoms with E-state index in [1.54, 1.807) is 0 Å². The molecule has 0 spiro atoms. The van der Waals surface area contributed by atoms with Crippen LogP contribution in [0.1, 0.15) is 27.2 Å². The zero-order valence-electron chi connectivity index (χ0n) is 7.72. The van der Waals surface area contributed by atoms with Crippen LogP contribution in [0.3, 0.4) is 0 Å². The lowest BCUT2D eigenvalue weighted by Gasteiger charge is -1.90. The van der Waals surface area contributed by atoms with Gasteiger partial charge in [0.05, 0.1) is 0 Å². The summed E-state index contributed by atoms with van der Waals surface area (Å²) in [5, 5.41) is 0. The third kappa shape index (κ3) is 7.11. The fraction of sp³-hybridized carbons (Fsp3) is 0.364. The molecule has 0 nitrogen and oxygen atoms in total. The lowest BCUT2D eigenvalue weighted by Crippen LogP contribution is -1.69. The van der Waals surface area contributed by atoms with E-state index < -0.39 is 0 Å². The molecule has 0 heteroatoms. The predicted octanol–water partition coefficient (Wildman–Crippen LogP) is 3.68. The molecule has 0 N–H and O–H groups in total. The van der Waals surface area contributed by atoms with Crippen LogP contribution in [0.15, 0.2) is 35.5 Å². The first kappa shape index (κ1) is 10.2. The van der Waals surface area contributed by atoms with Crippen molar-refractivity contribution in [2.24, 2.45) is 0 Å². The maximum atomic E-state index is 3.63. The predicted molar refractivity (Wildman–Crippen MR) is 52.3 cm³/mol. The Morgan fingerprint density at radius 3 is 2.27 bits per heavy atom. The van der Waals surface area contributed by atoms with E-state index in [2.05, 4.69) is 39.8 Å². The zero-order valence-corrected chi connectivity index (χ0v) is 7.72. The highest BCUT2D eigenvalue weighted by molar-refractivity contribution is 5.17. The van der Waals surface area contributed by atoms with E-state index in [0.29, 0.717) is 0 Å². The highest BCUT2D eigenvalue weighted by Crippen LogP contribution is 2.00. The minimum absolute atomic E-state index is 1.03. The van der Waals surface area contributed by atoms with E-state index in [1.165, 1.54) is 11.1 Å². The molecule has 0 atom stereocenters. The number of allylic oxidation sites excluding steroid dienone is 6. The second kappa shape index (κ2) is 5.96. The molecule has 0 aliphatic heterocycles. The second-order valence-corrected chi connectivity index (χ2v) is 2.87. The van der Waals surface area contributed by atoms with E-state index >= 15 is 0 Å². The second-order valence-electron chi connectivity index (χ2n) is 2.87. The van der Waals surface area contributed by atoms with Crippen LogP contribution < -0.4 is 0 Å². The Morgan fingerprint density at radius 2 is 1.82 bits per heavy atom. The van der Waals surface area contributed by atoms with Gasteiger partial charge in [0.15, 0.2) is 0 Å². The van der Waals surface area contributed by atoms with Crippen LogP contribution >= 0.6 is 0 Å². The molecule has 11 heavy (non-hydrogen) atoms. The number of hydrogen-bond acceptors (Lipinski definition) is 0. The lowest BCUT2D eigenvalue weighted by molar-refractivity contribution is 1.26. The molecule has 0 aromatic heterocycles. The molecule has 0 rings (SSSR count). The van der Waals surface area contributed by atoms with Gasteiger partial charge in [0.25, 0.3) is 0 Å². The summed E-state index contributed by atoms with van der Waals surface area (Å²) in [7, 11) is 0. The number of rotatable bonds is 3. The molecular weight excluding hydrogens is 132 g/mol. The Balaban J connectivity index is 3.83. The van der Waals surface area contributed by atoms with Gasteiger partial charge in [-0.25, -0.2) is 0 Å². The van der Waals surface area contributed by atoms with Gasteiger partial charge in [0.1, 0.15) is 0 Å². The molecule has 1 radical (unpaired) electrons. The standard InChI is InChI=1S/C11H17/c1-5-7-11(4)9-6-8-10(2)3/h5,7-9H,1,6H2,2-4H3. The topological polar surface area (TPSA) is 0 Å². The van der Waals surface area contributed by atoms with Crippen LogP contribution in [0, 0.1) is 6.92 Å². The monoisotopic (exact) mass is 149 g/mol. The van der Waals surface area contributed by atoms with Crippen molar-refractivity contribution in [3.8, 4) is 0 Å². The molecule has 0 saturated heterocycles. The quantitative estimate of drug-likeness (QED) is 0.424. The van der Waals surface area contributed by atoms with Gasteiger partial charge in [-0.15, -0.1) is 0 Å². The van der Waals surface area contributed by atoms with E-state index in [1.807, 2.05) is 12.2 Å². The fourth-order valence-electron chi connectivity index (χ4n) is 0.734.